The number of sulfone groups is 1. The Labute approximate surface area is 182 Å². The molecule has 1 amide bonds. The number of amides is 1. The molecule has 1 atom stereocenters. The van der Waals surface area contributed by atoms with Gasteiger partial charge in [-0.1, -0.05) is 17.7 Å². The van der Waals surface area contributed by atoms with Gasteiger partial charge in [0.2, 0.25) is 5.91 Å². The maximum atomic E-state index is 12.8. The van der Waals surface area contributed by atoms with Crippen molar-refractivity contribution in [3.05, 3.63) is 67.5 Å². The van der Waals surface area contributed by atoms with Crippen LogP contribution < -0.4 is 5.32 Å². The Morgan fingerprint density at radius 2 is 2.07 bits per heavy atom. The molecular formula is C20H19ClN2O3S3. The molecular weight excluding hydrogens is 448 g/mol. The summed E-state index contributed by atoms with van der Waals surface area (Å²) in [6.07, 6.45) is 2.03. The summed E-state index contributed by atoms with van der Waals surface area (Å²) in [6, 6.07) is 10.6. The van der Waals surface area contributed by atoms with Crippen LogP contribution in [0, 0.1) is 0 Å². The maximum Gasteiger partial charge on any atom is 0.238 e. The number of carbonyl (C=O) groups excluding carboxylic acids is 1. The summed E-state index contributed by atoms with van der Waals surface area (Å²) >= 11 is 9.62. The van der Waals surface area contributed by atoms with Gasteiger partial charge in [-0.3, -0.25) is 9.69 Å². The Kier molecular flexibility index (Phi) is 5.81. The number of benzene rings is 1. The molecule has 1 aliphatic heterocycles. The normalized spacial score (nSPS) is 17.1. The number of carbonyl (C=O) groups is 1. The van der Waals surface area contributed by atoms with Gasteiger partial charge < -0.3 is 5.32 Å². The van der Waals surface area contributed by atoms with Crippen molar-refractivity contribution in [1.29, 1.82) is 0 Å². The van der Waals surface area contributed by atoms with Gasteiger partial charge in [0.05, 0.1) is 28.2 Å². The van der Waals surface area contributed by atoms with E-state index in [0.29, 0.717) is 10.7 Å². The van der Waals surface area contributed by atoms with E-state index in [1.807, 2.05) is 11.4 Å². The average molecular weight is 467 g/mol. The van der Waals surface area contributed by atoms with E-state index in [1.54, 1.807) is 22.7 Å². The lowest BCUT2D eigenvalue weighted by Crippen LogP contribution is -2.40. The zero-order chi connectivity index (χ0) is 20.6. The van der Waals surface area contributed by atoms with Crippen molar-refractivity contribution in [2.24, 2.45) is 0 Å². The molecule has 1 N–H and O–H groups in total. The fourth-order valence-electron chi connectivity index (χ4n) is 3.52. The lowest BCUT2D eigenvalue weighted by atomic mass is 9.98. The minimum atomic E-state index is -3.39. The van der Waals surface area contributed by atoms with Crippen molar-refractivity contribution in [1.82, 2.24) is 4.90 Å². The number of halogens is 1. The van der Waals surface area contributed by atoms with Crippen molar-refractivity contribution < 1.29 is 13.2 Å². The summed E-state index contributed by atoms with van der Waals surface area (Å²) in [7, 11) is -3.39. The van der Waals surface area contributed by atoms with Crippen LogP contribution in [0.2, 0.25) is 5.02 Å². The van der Waals surface area contributed by atoms with E-state index in [4.69, 9.17) is 11.6 Å². The van der Waals surface area contributed by atoms with Gasteiger partial charge in [0.15, 0.2) is 9.84 Å². The molecule has 0 saturated carbocycles. The molecule has 29 heavy (non-hydrogen) atoms. The molecule has 0 fully saturated rings. The molecule has 3 aromatic rings. The molecule has 0 radical (unpaired) electrons. The Hall–Kier alpha value is -1.71. The van der Waals surface area contributed by atoms with E-state index >= 15 is 0 Å². The van der Waals surface area contributed by atoms with Gasteiger partial charge in [0.1, 0.15) is 0 Å². The van der Waals surface area contributed by atoms with Crippen LogP contribution in [0.3, 0.4) is 0 Å². The Bertz CT molecular complexity index is 1140. The van der Waals surface area contributed by atoms with E-state index in [-0.39, 0.29) is 23.4 Å². The third-order valence-corrected chi connectivity index (χ3v) is 8.23. The molecule has 1 aromatic carbocycles. The first-order valence-electron chi connectivity index (χ1n) is 8.96. The second-order valence-electron chi connectivity index (χ2n) is 6.90. The quantitative estimate of drug-likeness (QED) is 0.603. The van der Waals surface area contributed by atoms with E-state index < -0.39 is 9.84 Å². The number of thiophene rings is 2. The minimum absolute atomic E-state index is 0.0496. The van der Waals surface area contributed by atoms with E-state index in [2.05, 4.69) is 27.7 Å². The van der Waals surface area contributed by atoms with Crippen molar-refractivity contribution in [3.63, 3.8) is 0 Å². The van der Waals surface area contributed by atoms with Crippen molar-refractivity contribution >= 4 is 55.7 Å². The molecule has 4 rings (SSSR count). The third-order valence-electron chi connectivity index (χ3n) is 4.87. The van der Waals surface area contributed by atoms with Crippen LogP contribution in [0.5, 0.6) is 0 Å². The molecule has 0 spiro atoms. The molecule has 0 bridgehead atoms. The molecule has 3 heterocycles. The second-order valence-corrected chi connectivity index (χ2v) is 11.3. The summed E-state index contributed by atoms with van der Waals surface area (Å²) in [5.74, 6) is -0.224. The van der Waals surface area contributed by atoms with Crippen LogP contribution in [0.25, 0.3) is 0 Å². The average Bonchev–Trinajstić information content (AvgIpc) is 3.34. The summed E-state index contributed by atoms with van der Waals surface area (Å²) in [5, 5.41) is 7.24. The maximum absolute atomic E-state index is 12.8. The van der Waals surface area contributed by atoms with Gasteiger partial charge in [-0.15, -0.1) is 22.7 Å². The topological polar surface area (TPSA) is 66.5 Å². The SMILES string of the molecule is CS(=O)(=O)c1ccc(Cl)c(NC(=O)CN2CCc3sccc3[C@H]2c2cccs2)c1. The molecule has 1 aliphatic rings. The number of hydrogen-bond donors (Lipinski definition) is 1. The molecule has 5 nitrogen and oxygen atoms in total. The van der Waals surface area contributed by atoms with Gasteiger partial charge in [-0.05, 0) is 53.1 Å². The highest BCUT2D eigenvalue weighted by Crippen LogP contribution is 2.39. The third kappa shape index (κ3) is 4.41. The van der Waals surface area contributed by atoms with Gasteiger partial charge >= 0.3 is 0 Å². The first kappa shape index (κ1) is 20.6. The van der Waals surface area contributed by atoms with Gasteiger partial charge in [-0.2, -0.15) is 0 Å². The number of anilines is 1. The van der Waals surface area contributed by atoms with E-state index in [0.717, 1.165) is 19.2 Å². The molecule has 152 valence electrons. The lowest BCUT2D eigenvalue weighted by Gasteiger charge is -2.34. The number of fused-ring (bicyclic) bond motifs is 1. The highest BCUT2D eigenvalue weighted by Gasteiger charge is 2.31. The van der Waals surface area contributed by atoms with Gasteiger partial charge in [-0.25, -0.2) is 8.42 Å². The zero-order valence-electron chi connectivity index (χ0n) is 15.6. The predicted octanol–water partition coefficient (Wildman–Crippen LogP) is 4.45. The highest BCUT2D eigenvalue weighted by molar-refractivity contribution is 7.90. The summed E-state index contributed by atoms with van der Waals surface area (Å²) < 4.78 is 23.6. The van der Waals surface area contributed by atoms with Crippen LogP contribution >= 0.6 is 34.3 Å². The Morgan fingerprint density at radius 1 is 1.24 bits per heavy atom. The fourth-order valence-corrected chi connectivity index (χ4v) is 6.12. The number of nitrogens with one attached hydrogen (secondary N) is 1. The zero-order valence-corrected chi connectivity index (χ0v) is 18.8. The van der Waals surface area contributed by atoms with Gasteiger partial charge in [0, 0.05) is 22.6 Å². The van der Waals surface area contributed by atoms with Crippen LogP contribution in [-0.4, -0.2) is 38.6 Å². The minimum Gasteiger partial charge on any atom is -0.324 e. The van der Waals surface area contributed by atoms with Crippen LogP contribution in [-0.2, 0) is 21.1 Å². The monoisotopic (exact) mass is 466 g/mol. The first-order valence-corrected chi connectivity index (χ1v) is 13.0. The molecule has 2 aromatic heterocycles. The smallest absolute Gasteiger partial charge is 0.238 e. The van der Waals surface area contributed by atoms with Crippen LogP contribution in [0.15, 0.2) is 52.1 Å². The van der Waals surface area contributed by atoms with Crippen molar-refractivity contribution in [2.45, 2.75) is 17.4 Å². The Balaban J connectivity index is 1.55. The molecule has 0 saturated heterocycles. The van der Waals surface area contributed by atoms with Crippen molar-refractivity contribution in [2.75, 3.05) is 24.7 Å². The highest BCUT2D eigenvalue weighted by atomic mass is 35.5. The standard InChI is InChI=1S/C20H19ClN2O3S3/c1-29(25,26)13-4-5-15(21)16(11-13)22-19(24)12-23-8-6-17-14(7-10-28-17)20(23)18-3-2-9-27-18/h2-5,7,9-11,20H,6,8,12H2,1H3,(H,22,24)/t20-/m0/s1. The largest absolute Gasteiger partial charge is 0.324 e. The summed E-state index contributed by atoms with van der Waals surface area (Å²) in [6.45, 7) is 0.970. The van der Waals surface area contributed by atoms with Gasteiger partial charge in [0.25, 0.3) is 0 Å². The molecule has 0 aliphatic carbocycles. The summed E-state index contributed by atoms with van der Waals surface area (Å²) in [4.78, 5) is 17.6. The predicted molar refractivity (Wildman–Crippen MR) is 119 cm³/mol. The summed E-state index contributed by atoms with van der Waals surface area (Å²) in [5.41, 5.74) is 1.56. The molecule has 0 unspecified atom stereocenters. The fraction of sp³-hybridized carbons (Fsp3) is 0.250. The van der Waals surface area contributed by atoms with E-state index in [9.17, 15) is 13.2 Å². The van der Waals surface area contributed by atoms with E-state index in [1.165, 1.54) is 33.5 Å². The first-order chi connectivity index (χ1) is 13.8. The number of hydrogen-bond acceptors (Lipinski definition) is 6. The Morgan fingerprint density at radius 3 is 2.79 bits per heavy atom. The van der Waals surface area contributed by atoms with Crippen LogP contribution in [0.1, 0.15) is 21.4 Å². The second kappa shape index (κ2) is 8.20. The lowest BCUT2D eigenvalue weighted by molar-refractivity contribution is -0.117. The number of nitrogens with zero attached hydrogens (tertiary/aromatic N) is 1. The molecule has 9 heteroatoms. The van der Waals surface area contributed by atoms with Crippen molar-refractivity contribution in [3.8, 4) is 0 Å². The van der Waals surface area contributed by atoms with Crippen LogP contribution in [0.4, 0.5) is 5.69 Å². The number of rotatable bonds is 5.